The average Bonchev–Trinajstić information content (AvgIpc) is 3.32. The maximum absolute atomic E-state index is 14.9. The normalized spacial score (nSPS) is 28.9. The number of hydrogen-bond acceptors (Lipinski definition) is 7. The maximum atomic E-state index is 14.9. The lowest BCUT2D eigenvalue weighted by molar-refractivity contribution is -0.137. The Bertz CT molecular complexity index is 1850. The summed E-state index contributed by atoms with van der Waals surface area (Å²) in [4.78, 5) is 69.4. The Labute approximate surface area is 259 Å². The van der Waals surface area contributed by atoms with Crippen LogP contribution in [0.5, 0.6) is 11.5 Å². The number of ether oxygens (including phenoxy) is 1. The number of nitrogens with two attached hydrogens (primary N) is 1. The molecule has 6 atom stereocenters. The Morgan fingerprint density at radius 3 is 2.27 bits per heavy atom. The summed E-state index contributed by atoms with van der Waals surface area (Å²) < 4.78 is 5.34. The van der Waals surface area contributed by atoms with Crippen molar-refractivity contribution in [3.8, 4) is 11.5 Å². The van der Waals surface area contributed by atoms with E-state index < -0.39 is 52.8 Å². The molecule has 3 aliphatic carbocycles. The van der Waals surface area contributed by atoms with Crippen molar-refractivity contribution < 1.29 is 33.8 Å². The lowest BCUT2D eigenvalue weighted by Crippen LogP contribution is -2.58. The molecular weight excluding hydrogens is 572 g/mol. The molecule has 4 aliphatic rings. The molecule has 7 rings (SSSR count). The quantitative estimate of drug-likeness (QED) is 0.335. The minimum absolute atomic E-state index is 0.0790. The molecule has 2 fully saturated rings. The predicted octanol–water partition coefficient (Wildman–Crippen LogP) is 4.30. The smallest absolute Gasteiger partial charge is 0.328 e. The van der Waals surface area contributed by atoms with Gasteiger partial charge in [0.1, 0.15) is 11.5 Å². The fourth-order valence-corrected chi connectivity index (χ4v) is 8.33. The van der Waals surface area contributed by atoms with Crippen molar-refractivity contribution in [1.29, 1.82) is 0 Å². The van der Waals surface area contributed by atoms with Gasteiger partial charge in [0.2, 0.25) is 11.8 Å². The van der Waals surface area contributed by atoms with Crippen LogP contribution in [-0.4, -0.2) is 46.5 Å². The molecule has 3 aromatic rings. The Hall–Kier alpha value is -5.31. The van der Waals surface area contributed by atoms with Crippen LogP contribution in [0.25, 0.3) is 5.57 Å². The van der Waals surface area contributed by atoms with Gasteiger partial charge in [-0.25, -0.2) is 4.79 Å². The number of hydrogen-bond donors (Lipinski definition) is 2. The number of likely N-dealkylation sites (tertiary alicyclic amines) is 1. The maximum Gasteiger partial charge on any atom is 0.328 e. The zero-order valence-electron chi connectivity index (χ0n) is 24.4. The zero-order valence-corrected chi connectivity index (χ0v) is 24.4. The number of urea groups is 1. The highest BCUT2D eigenvalue weighted by molar-refractivity contribution is 6.31. The van der Waals surface area contributed by atoms with Gasteiger partial charge in [0.15, 0.2) is 11.6 Å². The number of methoxy groups -OCH3 is 1. The lowest BCUT2D eigenvalue weighted by atomic mass is 9.44. The third kappa shape index (κ3) is 3.96. The summed E-state index contributed by atoms with van der Waals surface area (Å²) in [7, 11) is 1.48. The van der Waals surface area contributed by atoms with E-state index in [1.54, 1.807) is 36.4 Å². The van der Waals surface area contributed by atoms with Crippen molar-refractivity contribution in [3.63, 3.8) is 0 Å². The first-order valence-corrected chi connectivity index (χ1v) is 14.9. The Morgan fingerprint density at radius 2 is 1.62 bits per heavy atom. The van der Waals surface area contributed by atoms with Crippen molar-refractivity contribution in [3.05, 3.63) is 113 Å². The number of Topliss-reactive ketones (excluding diaryl/α,β-unsaturated/α-hetero) is 1. The minimum atomic E-state index is -1.48. The van der Waals surface area contributed by atoms with Crippen LogP contribution in [-0.2, 0) is 24.6 Å². The van der Waals surface area contributed by atoms with Crippen molar-refractivity contribution in [2.45, 2.75) is 24.2 Å². The first-order valence-electron chi connectivity index (χ1n) is 14.9. The van der Waals surface area contributed by atoms with Gasteiger partial charge < -0.3 is 15.6 Å². The number of benzene rings is 3. The summed E-state index contributed by atoms with van der Waals surface area (Å²) in [6, 6.07) is 21.7. The number of fused-ring (bicyclic) bond motifs is 4. The number of carbonyl (C=O) groups is 5. The van der Waals surface area contributed by atoms with Gasteiger partial charge in [-0.2, -0.15) is 4.90 Å². The number of aromatic hydroxyl groups is 1. The van der Waals surface area contributed by atoms with E-state index in [9.17, 15) is 29.1 Å². The summed E-state index contributed by atoms with van der Waals surface area (Å²) in [5.74, 6) is -5.97. The van der Waals surface area contributed by atoms with Crippen LogP contribution >= 0.6 is 0 Å². The Morgan fingerprint density at radius 1 is 0.933 bits per heavy atom. The van der Waals surface area contributed by atoms with Gasteiger partial charge in [-0.3, -0.25) is 19.2 Å². The molecule has 4 amide bonds. The van der Waals surface area contributed by atoms with Crippen molar-refractivity contribution >= 4 is 35.0 Å². The van der Waals surface area contributed by atoms with E-state index >= 15 is 0 Å². The van der Waals surface area contributed by atoms with Crippen molar-refractivity contribution in [1.82, 2.24) is 4.90 Å². The van der Waals surface area contributed by atoms with Gasteiger partial charge in [0.05, 0.1) is 24.4 Å². The molecule has 3 aromatic carbocycles. The summed E-state index contributed by atoms with van der Waals surface area (Å²) in [6.45, 7) is 0. The first kappa shape index (κ1) is 28.5. The third-order valence-electron chi connectivity index (χ3n) is 10.1. The number of amides is 4. The highest BCUT2D eigenvalue weighted by Gasteiger charge is 2.66. The molecule has 1 aliphatic heterocycles. The lowest BCUT2D eigenvalue weighted by Gasteiger charge is -2.55. The number of carbonyl (C=O) groups excluding carboxylic acids is 5. The fourth-order valence-electron chi connectivity index (χ4n) is 8.33. The second-order valence-electron chi connectivity index (χ2n) is 12.1. The van der Waals surface area contributed by atoms with E-state index in [4.69, 9.17) is 10.5 Å². The number of ketones is 2. The molecule has 0 radical (unpaired) electrons. The highest BCUT2D eigenvalue weighted by Crippen LogP contribution is 2.64. The fraction of sp³-hybridized carbons (Fsp3) is 0.250. The van der Waals surface area contributed by atoms with Crippen LogP contribution in [0.4, 0.5) is 4.79 Å². The number of nitrogens with zero attached hydrogens (tertiary/aromatic N) is 1. The van der Waals surface area contributed by atoms with E-state index in [-0.39, 0.29) is 35.7 Å². The molecule has 226 valence electrons. The van der Waals surface area contributed by atoms with Gasteiger partial charge in [0, 0.05) is 29.0 Å². The Kier molecular flexibility index (Phi) is 6.58. The predicted molar refractivity (Wildman–Crippen MR) is 163 cm³/mol. The number of imide groups is 3. The minimum Gasteiger partial charge on any atom is -0.508 e. The largest absolute Gasteiger partial charge is 0.508 e. The topological polar surface area (TPSA) is 144 Å². The zero-order chi connectivity index (χ0) is 31.6. The van der Waals surface area contributed by atoms with Crippen LogP contribution in [0.2, 0.25) is 0 Å². The first-order chi connectivity index (χ1) is 21.7. The number of rotatable bonds is 4. The third-order valence-corrected chi connectivity index (χ3v) is 10.1. The molecular formula is C36H30N2O7. The number of phenolic OH excluding ortho intramolecular Hbond substituents is 1. The van der Waals surface area contributed by atoms with Crippen LogP contribution in [0, 0.1) is 23.7 Å². The SMILES string of the molecule is COc1ccc(C2C3=CCC4C(=O)N(C(N)=O)C(=O)C4C3CC3C(=O)C(c4ccccc4)=CC(=O)C32c2ccccc2)c(O)c1. The second-order valence-corrected chi connectivity index (χ2v) is 12.1. The molecule has 9 heteroatoms. The van der Waals surface area contributed by atoms with Gasteiger partial charge in [-0.1, -0.05) is 78.4 Å². The van der Waals surface area contributed by atoms with Crippen LogP contribution in [0.15, 0.2) is 96.6 Å². The number of primary amides is 1. The molecule has 0 bridgehead atoms. The molecule has 1 saturated heterocycles. The summed E-state index contributed by atoms with van der Waals surface area (Å²) in [6.07, 6.45) is 3.49. The van der Waals surface area contributed by atoms with E-state index in [0.717, 1.165) is 0 Å². The van der Waals surface area contributed by atoms with Gasteiger partial charge in [0.25, 0.3) is 0 Å². The van der Waals surface area contributed by atoms with Gasteiger partial charge in [-0.05, 0) is 42.0 Å². The van der Waals surface area contributed by atoms with Crippen LogP contribution < -0.4 is 10.5 Å². The van der Waals surface area contributed by atoms with E-state index in [1.807, 2.05) is 42.5 Å². The van der Waals surface area contributed by atoms with E-state index in [1.165, 1.54) is 19.3 Å². The van der Waals surface area contributed by atoms with Crippen LogP contribution in [0.1, 0.15) is 35.4 Å². The average molecular weight is 603 g/mol. The van der Waals surface area contributed by atoms with Gasteiger partial charge >= 0.3 is 6.03 Å². The molecule has 1 saturated carbocycles. The summed E-state index contributed by atoms with van der Waals surface area (Å²) >= 11 is 0. The number of phenols is 1. The Balaban J connectivity index is 1.52. The summed E-state index contributed by atoms with van der Waals surface area (Å²) in [5.41, 5.74) is 6.51. The molecule has 0 spiro atoms. The number of allylic oxidation sites excluding steroid dienone is 4. The van der Waals surface area contributed by atoms with E-state index in [2.05, 4.69) is 0 Å². The highest BCUT2D eigenvalue weighted by atomic mass is 16.5. The standard InChI is InChI=1S/C36H30N2O7/c1-45-21-12-13-23(28(39)16-21)31-22-14-15-24-30(34(43)38(33(24)42)35(37)44)26(22)17-27-32(41)25(19-8-4-2-5-9-19)18-29(40)36(27,31)20-10-6-3-7-11-20/h2-14,16,18,24,26-27,30-31,39H,15,17H2,1H3,(H2,37,44). The summed E-state index contributed by atoms with van der Waals surface area (Å²) in [5, 5.41) is 11.5. The van der Waals surface area contributed by atoms with E-state index in [0.29, 0.717) is 32.9 Å². The molecule has 9 nitrogen and oxygen atoms in total. The molecule has 1 heterocycles. The van der Waals surface area contributed by atoms with Crippen molar-refractivity contribution in [2.24, 2.45) is 29.4 Å². The van der Waals surface area contributed by atoms with Crippen molar-refractivity contribution in [2.75, 3.05) is 7.11 Å². The van der Waals surface area contributed by atoms with Gasteiger partial charge in [-0.15, -0.1) is 0 Å². The molecule has 45 heavy (non-hydrogen) atoms. The molecule has 3 N–H and O–H groups in total. The second kappa shape index (κ2) is 10.4. The van der Waals surface area contributed by atoms with Crippen LogP contribution in [0.3, 0.4) is 0 Å². The molecule has 6 unspecified atom stereocenters. The molecule has 0 aromatic heterocycles. The monoisotopic (exact) mass is 602 g/mol.